The summed E-state index contributed by atoms with van der Waals surface area (Å²) < 4.78 is 0. The zero-order valence-corrected chi connectivity index (χ0v) is 33.4. The van der Waals surface area contributed by atoms with Gasteiger partial charge in [-0.15, -0.1) is 0 Å². The molecular weight excluding hydrogens is 764 g/mol. The number of hydrogen-bond acceptors (Lipinski definition) is 9. The second-order valence-corrected chi connectivity index (χ2v) is 16.3. The number of fused-ring (bicyclic) bond motifs is 4. The van der Waals surface area contributed by atoms with E-state index in [1.807, 2.05) is 111 Å². The van der Waals surface area contributed by atoms with Gasteiger partial charge in [0, 0.05) is 30.7 Å². The maximum atomic E-state index is 15.3. The van der Waals surface area contributed by atoms with Gasteiger partial charge in [-0.1, -0.05) is 77.3 Å². The van der Waals surface area contributed by atoms with E-state index in [-0.39, 0.29) is 35.4 Å². The van der Waals surface area contributed by atoms with E-state index < -0.39 is 46.8 Å². The summed E-state index contributed by atoms with van der Waals surface area (Å²) >= 11 is 6.99. The first kappa shape index (κ1) is 38.0. The number of nitrogens with one attached hydrogen (secondary N) is 1. The van der Waals surface area contributed by atoms with Crippen molar-refractivity contribution in [1.82, 2.24) is 5.01 Å². The molecule has 5 aromatic carbocycles. The van der Waals surface area contributed by atoms with E-state index in [1.54, 1.807) is 30.3 Å². The van der Waals surface area contributed by atoms with Crippen LogP contribution in [0.2, 0.25) is 5.02 Å². The van der Waals surface area contributed by atoms with E-state index >= 15 is 4.79 Å². The molecule has 2 aliphatic heterocycles. The molecule has 9 rings (SSSR count). The molecule has 5 aromatic rings. The van der Waals surface area contributed by atoms with Gasteiger partial charge in [-0.05, 0) is 110 Å². The largest absolute Gasteiger partial charge is 0.508 e. The Labute approximate surface area is 346 Å². The second-order valence-electron chi connectivity index (χ2n) is 15.9. The van der Waals surface area contributed by atoms with E-state index in [0.717, 1.165) is 21.8 Å². The molecule has 0 bridgehead atoms. The molecule has 0 spiro atoms. The molecule has 11 nitrogen and oxygen atoms in total. The monoisotopic (exact) mass is 804 g/mol. The number of nitrogens with zero attached hydrogens (tertiary/aromatic N) is 5. The van der Waals surface area contributed by atoms with E-state index in [0.29, 0.717) is 33.9 Å². The van der Waals surface area contributed by atoms with Crippen molar-refractivity contribution in [2.75, 3.05) is 29.3 Å². The average Bonchev–Trinajstić information content (AvgIpc) is 3.62. The minimum atomic E-state index is -1.48. The number of carbonyl (C=O) groups excluding carboxylic acids is 4. The van der Waals surface area contributed by atoms with Gasteiger partial charge in [0.25, 0.3) is 11.8 Å². The fourth-order valence-electron chi connectivity index (χ4n) is 9.70. The van der Waals surface area contributed by atoms with Crippen molar-refractivity contribution in [1.29, 1.82) is 0 Å². The summed E-state index contributed by atoms with van der Waals surface area (Å²) in [5.41, 5.74) is 7.85. The van der Waals surface area contributed by atoms with Crippen LogP contribution in [0.5, 0.6) is 5.75 Å². The molecule has 2 aliphatic carbocycles. The Kier molecular flexibility index (Phi) is 9.43. The molecule has 2 N–H and O–H groups in total. The SMILES string of the molecule is Cc1ccc(NN2C(=O)[C@@H]3C[C@@H]4C(=CC[C@@H]5C(=O)N(c6ccc(N=Nc7ccc(N(C)C)cc7)cc6)C(=O)[C@@H]54)[C@H](c4ccc(O)cc4Cl)[C@]3(c3ccccc3)C2=O)cc1. The Bertz CT molecular complexity index is 2560. The van der Waals surface area contributed by atoms with Crippen molar-refractivity contribution >= 4 is 63.7 Å². The van der Waals surface area contributed by atoms with Gasteiger partial charge in [0.2, 0.25) is 11.8 Å². The number of phenols is 1. The topological polar surface area (TPSA) is 135 Å². The third kappa shape index (κ3) is 6.19. The van der Waals surface area contributed by atoms with Crippen molar-refractivity contribution in [2.24, 2.45) is 33.9 Å². The van der Waals surface area contributed by atoms with Gasteiger partial charge in [-0.25, -0.2) is 0 Å². The maximum Gasteiger partial charge on any atom is 0.260 e. The molecule has 6 atom stereocenters. The minimum absolute atomic E-state index is 0.0519. The lowest BCUT2D eigenvalue weighted by Crippen LogP contribution is -2.53. The molecular formula is C47H41ClN6O5. The van der Waals surface area contributed by atoms with Crippen LogP contribution in [-0.4, -0.2) is 47.8 Å². The van der Waals surface area contributed by atoms with Gasteiger partial charge in [0.1, 0.15) is 5.75 Å². The van der Waals surface area contributed by atoms with Gasteiger partial charge in [-0.2, -0.15) is 15.2 Å². The highest BCUT2D eigenvalue weighted by atomic mass is 35.5. The Balaban J connectivity index is 1.10. The predicted octanol–water partition coefficient (Wildman–Crippen LogP) is 9.02. The number of hydrazine groups is 1. The predicted molar refractivity (Wildman–Crippen MR) is 226 cm³/mol. The first-order valence-corrected chi connectivity index (χ1v) is 20.0. The molecule has 296 valence electrons. The van der Waals surface area contributed by atoms with Gasteiger partial charge >= 0.3 is 0 Å². The molecule has 0 aromatic heterocycles. The number of benzene rings is 5. The van der Waals surface area contributed by atoms with Crippen LogP contribution in [0.1, 0.15) is 35.4 Å². The molecule has 2 saturated heterocycles. The first-order valence-electron chi connectivity index (χ1n) is 19.6. The Morgan fingerprint density at radius 1 is 0.780 bits per heavy atom. The minimum Gasteiger partial charge on any atom is -0.508 e. The van der Waals surface area contributed by atoms with Crippen molar-refractivity contribution < 1.29 is 24.3 Å². The lowest BCUT2D eigenvalue weighted by Gasteiger charge is -2.50. The molecule has 2 heterocycles. The van der Waals surface area contributed by atoms with Crippen molar-refractivity contribution in [3.05, 3.63) is 155 Å². The number of imide groups is 2. The Hall–Kier alpha value is -6.59. The van der Waals surface area contributed by atoms with Crippen LogP contribution in [0, 0.1) is 30.6 Å². The summed E-state index contributed by atoms with van der Waals surface area (Å²) in [5, 5.41) is 20.5. The number of anilines is 3. The maximum absolute atomic E-state index is 15.3. The molecule has 59 heavy (non-hydrogen) atoms. The normalized spacial score (nSPS) is 24.9. The van der Waals surface area contributed by atoms with Gasteiger partial charge in [0.05, 0.1) is 45.9 Å². The lowest BCUT2D eigenvalue weighted by atomic mass is 9.49. The molecule has 4 aliphatic rings. The third-order valence-electron chi connectivity index (χ3n) is 12.4. The average molecular weight is 805 g/mol. The lowest BCUT2D eigenvalue weighted by molar-refractivity contribution is -0.138. The summed E-state index contributed by atoms with van der Waals surface area (Å²) in [4.78, 5) is 62.5. The molecule has 4 amide bonds. The highest BCUT2D eigenvalue weighted by Crippen LogP contribution is 2.65. The molecule has 1 saturated carbocycles. The standard InChI is InChI=1S/C47H41ClN6O5/c1-27-9-11-31(12-10-27)51-54-44(57)39-26-38-35(42(36-22-21-34(55)25-40(36)48)47(39,46(54)59)28-7-5-4-6-8-28)23-24-37-41(38)45(58)53(43(37)56)33-19-15-30(16-20-33)50-49-29-13-17-32(18-14-29)52(2)3/h4-23,25,37-39,41-42,51,55H,24,26H2,1-3H3/t37-,38+,39-,41-,42+,47+/m0/s1. The van der Waals surface area contributed by atoms with Crippen LogP contribution >= 0.6 is 11.6 Å². The number of allylic oxidation sites excluding steroid dienone is 2. The first-order chi connectivity index (χ1) is 28.5. The summed E-state index contributed by atoms with van der Waals surface area (Å²) in [7, 11) is 3.93. The summed E-state index contributed by atoms with van der Waals surface area (Å²) in [5.74, 6) is -5.41. The molecule has 0 unspecified atom stereocenters. The van der Waals surface area contributed by atoms with Crippen molar-refractivity contribution in [3.8, 4) is 5.75 Å². The van der Waals surface area contributed by atoms with E-state index in [9.17, 15) is 19.5 Å². The number of rotatable bonds is 8. The van der Waals surface area contributed by atoms with Crippen LogP contribution in [0.3, 0.4) is 0 Å². The van der Waals surface area contributed by atoms with Crippen LogP contribution in [0.4, 0.5) is 28.4 Å². The number of carbonyl (C=O) groups is 4. The number of aromatic hydroxyl groups is 1. The van der Waals surface area contributed by atoms with Crippen LogP contribution in [0.25, 0.3) is 0 Å². The van der Waals surface area contributed by atoms with Crippen LogP contribution in [-0.2, 0) is 24.6 Å². The number of azo groups is 1. The summed E-state index contributed by atoms with van der Waals surface area (Å²) in [6, 6.07) is 35.8. The number of halogens is 1. The quantitative estimate of drug-likeness (QED) is 0.0908. The number of phenolic OH excluding ortho intramolecular Hbond substituents is 1. The zero-order chi connectivity index (χ0) is 41.2. The van der Waals surface area contributed by atoms with Crippen molar-refractivity contribution in [3.63, 3.8) is 0 Å². The number of hydrogen-bond donors (Lipinski definition) is 2. The summed E-state index contributed by atoms with van der Waals surface area (Å²) in [6.07, 6.45) is 2.38. The fourth-order valence-corrected chi connectivity index (χ4v) is 9.98. The summed E-state index contributed by atoms with van der Waals surface area (Å²) in [6.45, 7) is 1.95. The van der Waals surface area contributed by atoms with Gasteiger partial charge < -0.3 is 10.0 Å². The van der Waals surface area contributed by atoms with E-state index in [2.05, 4.69) is 15.7 Å². The van der Waals surface area contributed by atoms with Gasteiger partial charge in [0.15, 0.2) is 0 Å². The highest BCUT2D eigenvalue weighted by Gasteiger charge is 2.70. The van der Waals surface area contributed by atoms with Crippen molar-refractivity contribution in [2.45, 2.75) is 31.1 Å². The number of amides is 4. The molecule has 0 radical (unpaired) electrons. The molecule has 3 fully saturated rings. The van der Waals surface area contributed by atoms with Crippen LogP contribution < -0.4 is 15.2 Å². The fraction of sp³-hybridized carbons (Fsp3) is 0.234. The zero-order valence-electron chi connectivity index (χ0n) is 32.6. The highest BCUT2D eigenvalue weighted by molar-refractivity contribution is 6.31. The van der Waals surface area contributed by atoms with E-state index in [1.165, 1.54) is 17.0 Å². The second kappa shape index (κ2) is 14.7. The van der Waals surface area contributed by atoms with E-state index in [4.69, 9.17) is 11.6 Å². The Morgan fingerprint density at radius 3 is 2.08 bits per heavy atom. The smallest absolute Gasteiger partial charge is 0.260 e. The number of aryl methyl sites for hydroxylation is 1. The molecule has 12 heteroatoms. The third-order valence-corrected chi connectivity index (χ3v) is 12.8. The van der Waals surface area contributed by atoms with Crippen LogP contribution in [0.15, 0.2) is 143 Å². The Morgan fingerprint density at radius 2 is 1.44 bits per heavy atom. The van der Waals surface area contributed by atoms with Gasteiger partial charge in [-0.3, -0.25) is 29.5 Å².